The molecule has 2 atom stereocenters. The first-order valence-corrected chi connectivity index (χ1v) is 21.8. The van der Waals surface area contributed by atoms with E-state index >= 15 is 0 Å². The van der Waals surface area contributed by atoms with Crippen molar-refractivity contribution in [3.05, 3.63) is 55.6 Å². The van der Waals surface area contributed by atoms with Crippen molar-refractivity contribution >= 4 is 46.8 Å². The molecule has 2 rings (SSSR count). The van der Waals surface area contributed by atoms with E-state index in [1.807, 2.05) is 27.7 Å². The van der Waals surface area contributed by atoms with Crippen LogP contribution in [0.2, 0.25) is 0 Å². The average Bonchev–Trinajstić information content (AvgIpc) is 3.28. The summed E-state index contributed by atoms with van der Waals surface area (Å²) in [4.78, 5) is 84.1. The Bertz CT molecular complexity index is 1830. The van der Waals surface area contributed by atoms with E-state index in [2.05, 4.69) is 21.3 Å². The van der Waals surface area contributed by atoms with Crippen molar-refractivity contribution in [3.63, 3.8) is 0 Å². The maximum atomic E-state index is 13.7. The molecular formula is C45H74N6O15. The third-order valence-corrected chi connectivity index (χ3v) is 10.4. The Kier molecular flexibility index (Phi) is 27.2. The van der Waals surface area contributed by atoms with Gasteiger partial charge in [-0.05, 0) is 74.9 Å². The highest BCUT2D eigenvalue weighted by atomic mass is 16.3. The number of carbonyl (C=O) groups is 6. The summed E-state index contributed by atoms with van der Waals surface area (Å²) in [5.41, 5.74) is 0.443. The molecule has 21 nitrogen and oxygen atoms in total. The summed E-state index contributed by atoms with van der Waals surface area (Å²) in [5, 5.41) is 98.9. The van der Waals surface area contributed by atoms with E-state index in [4.69, 9.17) is 0 Å². The van der Waals surface area contributed by atoms with Crippen LogP contribution in [-0.2, 0) is 9.59 Å². The Labute approximate surface area is 386 Å². The molecule has 21 heteroatoms. The Morgan fingerprint density at radius 2 is 0.682 bits per heavy atom. The molecule has 2 unspecified atom stereocenters. The van der Waals surface area contributed by atoms with Crippen LogP contribution in [0.4, 0.5) is 11.4 Å². The minimum atomic E-state index is -1.62. The Morgan fingerprint density at radius 3 is 0.909 bits per heavy atom. The van der Waals surface area contributed by atoms with Crippen LogP contribution in [-0.4, -0.2) is 178 Å². The molecule has 0 radical (unpaired) electrons. The third-order valence-electron chi connectivity index (χ3n) is 10.4. The Balaban J connectivity index is 0.0000103. The fourth-order valence-corrected chi connectivity index (χ4v) is 7.36. The summed E-state index contributed by atoms with van der Waals surface area (Å²) < 4.78 is 0. The number of anilines is 2. The fraction of sp³-hybridized carbons (Fsp3) is 0.600. The lowest BCUT2D eigenvalue weighted by Crippen LogP contribution is -2.46. The van der Waals surface area contributed by atoms with Crippen LogP contribution in [0.5, 0.6) is 0 Å². The normalized spacial score (nSPS) is 12.2. The molecule has 0 aliphatic heterocycles. The number of amides is 6. The van der Waals surface area contributed by atoms with Crippen molar-refractivity contribution in [2.75, 3.05) is 75.6 Å². The van der Waals surface area contributed by atoms with E-state index in [0.717, 1.165) is 23.6 Å². The van der Waals surface area contributed by atoms with Crippen molar-refractivity contribution < 1.29 is 74.7 Å². The average molecular weight is 939 g/mol. The highest BCUT2D eigenvalue weighted by Crippen LogP contribution is 2.37. The van der Waals surface area contributed by atoms with E-state index < -0.39 is 119 Å². The van der Waals surface area contributed by atoms with Crippen LogP contribution < -0.4 is 31.1 Å². The number of hydrogen-bond acceptors (Lipinski definition) is 15. The predicted molar refractivity (Wildman–Crippen MR) is 248 cm³/mol. The molecule has 2 aromatic carbocycles. The lowest BCUT2D eigenvalue weighted by Gasteiger charge is -2.34. The fourth-order valence-electron chi connectivity index (χ4n) is 7.36. The summed E-state index contributed by atoms with van der Waals surface area (Å²) in [6, 6.07) is -2.20. The van der Waals surface area contributed by atoms with E-state index in [0.29, 0.717) is 0 Å². The Hall–Kier alpha value is -5.10. The lowest BCUT2D eigenvalue weighted by atomic mass is 9.89. The van der Waals surface area contributed by atoms with Crippen LogP contribution in [0.1, 0.15) is 116 Å². The molecule has 0 spiro atoms. The van der Waals surface area contributed by atoms with Crippen LogP contribution in [0, 0.1) is 41.5 Å². The zero-order valence-corrected chi connectivity index (χ0v) is 40.3. The van der Waals surface area contributed by atoms with Crippen molar-refractivity contribution in [1.82, 2.24) is 21.3 Å². The zero-order valence-electron chi connectivity index (χ0n) is 40.3. The minimum absolute atomic E-state index is 0.00655. The second-order valence-electron chi connectivity index (χ2n) is 15.0. The number of rotatable bonds is 22. The first-order valence-electron chi connectivity index (χ1n) is 21.8. The molecule has 0 aliphatic rings. The second kappa shape index (κ2) is 29.5. The summed E-state index contributed by atoms with van der Waals surface area (Å²) >= 11 is 0. The van der Waals surface area contributed by atoms with Gasteiger partial charge >= 0.3 is 0 Å². The zero-order chi connectivity index (χ0) is 51.3. The van der Waals surface area contributed by atoms with Gasteiger partial charge in [0.1, 0.15) is 0 Å². The van der Waals surface area contributed by atoms with Gasteiger partial charge in [-0.3, -0.25) is 28.8 Å². The molecule has 2 aromatic rings. The Morgan fingerprint density at radius 1 is 0.424 bits per heavy atom. The molecule has 374 valence electrons. The highest BCUT2D eigenvalue weighted by molar-refractivity contribution is 6.09. The smallest absolute Gasteiger partial charge is 0.252 e. The maximum Gasteiger partial charge on any atom is 0.252 e. The number of carbonyl (C=O) groups excluding carboxylic acids is 6. The van der Waals surface area contributed by atoms with Gasteiger partial charge in [0.15, 0.2) is 0 Å². The van der Waals surface area contributed by atoms with Crippen molar-refractivity contribution in [2.45, 2.75) is 113 Å². The van der Waals surface area contributed by atoms with Gasteiger partial charge in [0.2, 0.25) is 11.8 Å². The van der Waals surface area contributed by atoms with Gasteiger partial charge in [-0.2, -0.15) is 0 Å². The van der Waals surface area contributed by atoms with Gasteiger partial charge < -0.3 is 77.0 Å². The molecule has 0 fully saturated rings. The van der Waals surface area contributed by atoms with Crippen molar-refractivity contribution in [2.24, 2.45) is 0 Å². The lowest BCUT2D eigenvalue weighted by molar-refractivity contribution is -0.117. The first-order chi connectivity index (χ1) is 31.1. The van der Waals surface area contributed by atoms with Crippen LogP contribution in [0.25, 0.3) is 0 Å². The topological polar surface area (TPSA) is 339 Å². The molecule has 0 aromatic heterocycles. The van der Waals surface area contributed by atoms with Gasteiger partial charge in [0.25, 0.3) is 23.6 Å². The molecule has 0 heterocycles. The molecule has 0 bridgehead atoms. The standard InChI is InChI=1S/C41H62N6O15.2C2H6/c1-19-32(38(59)42-9-29(56)17-52)21(3)36(23(5)34(19)40(61)44-27(13-48)14-49)46(25(7)54)11-31(58)12-47(26(8)55)37-22(4)33(39(60)43-10-30(57)18-53)20(2)35(24(37)6)41(62)45-28(15-50)16-51;2*1-2/h27-31,48-53,56-58H,9-18H2,1-8H3,(H,42,59)(H,43,60)(H,44,61)(H,45,62);2*1-2H3. The second-order valence-corrected chi connectivity index (χ2v) is 15.0. The molecule has 0 saturated heterocycles. The monoisotopic (exact) mass is 939 g/mol. The molecule has 0 aliphatic carbocycles. The van der Waals surface area contributed by atoms with E-state index in [1.165, 1.54) is 41.5 Å². The number of benzene rings is 2. The van der Waals surface area contributed by atoms with Crippen LogP contribution in [0.15, 0.2) is 0 Å². The van der Waals surface area contributed by atoms with Crippen molar-refractivity contribution in [1.29, 1.82) is 0 Å². The molecule has 6 amide bonds. The number of aliphatic hydroxyl groups is 9. The molecular weight excluding hydrogens is 865 g/mol. The van der Waals surface area contributed by atoms with E-state index in [1.54, 1.807) is 0 Å². The molecule has 13 N–H and O–H groups in total. The van der Waals surface area contributed by atoms with Gasteiger partial charge in [-0.1, -0.05) is 27.7 Å². The van der Waals surface area contributed by atoms with Gasteiger partial charge in [0, 0.05) is 49.2 Å². The predicted octanol–water partition coefficient (Wildman–Crippen LogP) is -1.31. The largest absolute Gasteiger partial charge is 0.394 e. The number of nitrogens with one attached hydrogen (secondary N) is 4. The molecule has 66 heavy (non-hydrogen) atoms. The molecule has 0 saturated carbocycles. The number of hydrogen-bond donors (Lipinski definition) is 13. The minimum Gasteiger partial charge on any atom is -0.394 e. The van der Waals surface area contributed by atoms with Crippen LogP contribution >= 0.6 is 0 Å². The van der Waals surface area contributed by atoms with Gasteiger partial charge in [0.05, 0.1) is 94.5 Å². The number of aliphatic hydroxyl groups excluding tert-OH is 9. The highest BCUT2D eigenvalue weighted by Gasteiger charge is 2.34. The van der Waals surface area contributed by atoms with Crippen LogP contribution in [0.3, 0.4) is 0 Å². The third kappa shape index (κ3) is 15.5. The van der Waals surface area contributed by atoms with Gasteiger partial charge in [-0.25, -0.2) is 0 Å². The quantitative estimate of drug-likeness (QED) is 0.0652. The van der Waals surface area contributed by atoms with Crippen molar-refractivity contribution in [3.8, 4) is 0 Å². The summed E-state index contributed by atoms with van der Waals surface area (Å²) in [6.07, 6.45) is -4.28. The van der Waals surface area contributed by atoms with E-state index in [-0.39, 0.29) is 80.1 Å². The number of nitrogens with zero attached hydrogens (tertiary/aromatic N) is 2. The summed E-state index contributed by atoms with van der Waals surface area (Å²) in [5.74, 6) is -4.61. The summed E-state index contributed by atoms with van der Waals surface area (Å²) in [7, 11) is 0. The SMILES string of the molecule is CC.CC.CC(=O)N(CC(O)CN(C(C)=O)c1c(C)c(C(=O)NCC(O)CO)c(C)c(C(=O)NC(CO)CO)c1C)c1c(C)c(C(=O)NCC(O)CO)c(C)c(C(=O)NC(CO)CO)c1C. The summed E-state index contributed by atoms with van der Waals surface area (Å²) in [6.45, 7) is 13.4. The van der Waals surface area contributed by atoms with Gasteiger partial charge in [-0.15, -0.1) is 0 Å². The first kappa shape index (κ1) is 60.9. The maximum absolute atomic E-state index is 13.7. The van der Waals surface area contributed by atoms with E-state index in [9.17, 15) is 74.7 Å².